The molecule has 4 rings (SSSR count). The molecule has 142 valence electrons. The minimum absolute atomic E-state index is 0.0402. The number of anilines is 1. The van der Waals surface area contributed by atoms with E-state index < -0.39 is 0 Å². The van der Waals surface area contributed by atoms with Gasteiger partial charge in [-0.3, -0.25) is 9.20 Å². The van der Waals surface area contributed by atoms with E-state index in [-0.39, 0.29) is 5.91 Å². The summed E-state index contributed by atoms with van der Waals surface area (Å²) in [5.74, 6) is 0.808. The van der Waals surface area contributed by atoms with E-state index in [2.05, 4.69) is 5.32 Å². The van der Waals surface area contributed by atoms with E-state index in [0.29, 0.717) is 13.0 Å². The van der Waals surface area contributed by atoms with Gasteiger partial charge in [0.2, 0.25) is 5.91 Å². The van der Waals surface area contributed by atoms with Gasteiger partial charge in [-0.05, 0) is 55.8 Å². The van der Waals surface area contributed by atoms with Gasteiger partial charge in [0.25, 0.3) is 0 Å². The number of carbonyl (C=O) groups excluding carboxylic acids is 1. The average molecular weight is 391 g/mol. The normalized spacial score (nSPS) is 10.9. The van der Waals surface area contributed by atoms with Crippen LogP contribution in [0.4, 0.5) is 5.69 Å². The van der Waals surface area contributed by atoms with Crippen molar-refractivity contribution in [2.75, 3.05) is 11.9 Å². The maximum Gasteiger partial charge on any atom is 0.230 e. The fourth-order valence-corrected chi connectivity index (χ4v) is 3.95. The van der Waals surface area contributed by atoms with Crippen molar-refractivity contribution in [2.24, 2.45) is 0 Å². The lowest BCUT2D eigenvalue weighted by atomic mass is 10.1. The van der Waals surface area contributed by atoms with E-state index in [9.17, 15) is 4.79 Å². The van der Waals surface area contributed by atoms with Crippen molar-refractivity contribution < 1.29 is 9.53 Å². The number of fused-ring (bicyclic) bond motifs is 1. The zero-order chi connectivity index (χ0) is 19.5. The predicted octanol–water partition coefficient (Wildman–Crippen LogP) is 4.95. The highest BCUT2D eigenvalue weighted by Gasteiger charge is 2.13. The van der Waals surface area contributed by atoms with Crippen molar-refractivity contribution in [1.29, 1.82) is 0 Å². The van der Waals surface area contributed by atoms with Crippen LogP contribution < -0.4 is 10.1 Å². The van der Waals surface area contributed by atoms with Crippen LogP contribution in [0.2, 0.25) is 0 Å². The summed E-state index contributed by atoms with van der Waals surface area (Å²) in [4.78, 5) is 18.0. The average Bonchev–Trinajstić information content (AvgIpc) is 3.25. The van der Waals surface area contributed by atoms with E-state index in [1.54, 1.807) is 0 Å². The fraction of sp³-hybridized carbons (Fsp3) is 0.182. The van der Waals surface area contributed by atoms with Crippen LogP contribution in [0.15, 0.2) is 60.1 Å². The number of aromatic nitrogens is 2. The smallest absolute Gasteiger partial charge is 0.230 e. The second kappa shape index (κ2) is 7.86. The molecule has 0 saturated carbocycles. The Morgan fingerprint density at radius 2 is 2.04 bits per heavy atom. The zero-order valence-electron chi connectivity index (χ0n) is 15.8. The molecule has 0 saturated heterocycles. The third kappa shape index (κ3) is 3.92. The van der Waals surface area contributed by atoms with Gasteiger partial charge in [0.15, 0.2) is 4.96 Å². The molecule has 0 aliphatic carbocycles. The topological polar surface area (TPSA) is 55.6 Å². The predicted molar refractivity (Wildman–Crippen MR) is 113 cm³/mol. The third-order valence-corrected chi connectivity index (χ3v) is 5.28. The highest BCUT2D eigenvalue weighted by Crippen LogP contribution is 2.25. The number of aryl methyl sites for hydroxylation is 1. The van der Waals surface area contributed by atoms with Gasteiger partial charge < -0.3 is 10.1 Å². The minimum atomic E-state index is -0.0402. The highest BCUT2D eigenvalue weighted by atomic mass is 32.1. The van der Waals surface area contributed by atoms with Crippen LogP contribution in [0.1, 0.15) is 18.2 Å². The van der Waals surface area contributed by atoms with Crippen molar-refractivity contribution >= 4 is 27.9 Å². The summed E-state index contributed by atoms with van der Waals surface area (Å²) < 4.78 is 7.48. The summed E-state index contributed by atoms with van der Waals surface area (Å²) in [6, 6.07) is 15.7. The van der Waals surface area contributed by atoms with Crippen LogP contribution in [-0.2, 0) is 11.2 Å². The Labute approximate surface area is 167 Å². The summed E-state index contributed by atoms with van der Waals surface area (Å²) in [6.07, 6.45) is 2.28. The number of nitrogens with one attached hydrogen (secondary N) is 1. The number of ether oxygens (including phenoxy) is 1. The van der Waals surface area contributed by atoms with Gasteiger partial charge in [0, 0.05) is 28.5 Å². The molecule has 0 aliphatic rings. The minimum Gasteiger partial charge on any atom is -0.494 e. The lowest BCUT2D eigenvalue weighted by Crippen LogP contribution is -2.15. The van der Waals surface area contributed by atoms with E-state index >= 15 is 0 Å². The molecule has 4 aromatic rings. The van der Waals surface area contributed by atoms with Crippen molar-refractivity contribution in [3.8, 4) is 17.0 Å². The number of benzene rings is 2. The molecule has 0 radical (unpaired) electrons. The SMILES string of the molecule is CCOc1ccc(-c2cn3c(CC(=O)Nc4cccc(C)c4)csc3n2)cc1. The second-order valence-corrected chi connectivity index (χ2v) is 7.39. The molecule has 1 N–H and O–H groups in total. The first-order chi connectivity index (χ1) is 13.6. The molecular weight excluding hydrogens is 370 g/mol. The Morgan fingerprint density at radius 1 is 1.21 bits per heavy atom. The van der Waals surface area contributed by atoms with Crippen molar-refractivity contribution in [3.63, 3.8) is 0 Å². The molecule has 2 heterocycles. The number of thiazole rings is 1. The third-order valence-electron chi connectivity index (χ3n) is 4.39. The number of amides is 1. The van der Waals surface area contributed by atoms with Crippen LogP contribution in [0, 0.1) is 6.92 Å². The molecule has 0 spiro atoms. The van der Waals surface area contributed by atoms with Gasteiger partial charge in [0.05, 0.1) is 18.7 Å². The zero-order valence-corrected chi connectivity index (χ0v) is 16.6. The van der Waals surface area contributed by atoms with Crippen LogP contribution >= 0.6 is 11.3 Å². The van der Waals surface area contributed by atoms with Crippen molar-refractivity contribution in [2.45, 2.75) is 20.3 Å². The number of nitrogens with zero attached hydrogens (tertiary/aromatic N) is 2. The lowest BCUT2D eigenvalue weighted by molar-refractivity contribution is -0.115. The first kappa shape index (κ1) is 18.3. The standard InChI is InChI=1S/C22H21N3O2S/c1-3-27-19-9-7-16(8-10-19)20-13-25-18(14-28-22(25)24-20)12-21(26)23-17-6-4-5-15(2)11-17/h4-11,13-14H,3,12H2,1-2H3,(H,23,26). The molecule has 28 heavy (non-hydrogen) atoms. The van der Waals surface area contributed by atoms with Gasteiger partial charge in [-0.2, -0.15) is 0 Å². The Balaban J connectivity index is 1.52. The molecule has 6 heteroatoms. The molecule has 0 atom stereocenters. The van der Waals surface area contributed by atoms with Gasteiger partial charge in [-0.15, -0.1) is 11.3 Å². The van der Waals surface area contributed by atoms with Gasteiger partial charge >= 0.3 is 0 Å². The molecule has 2 aromatic heterocycles. The Morgan fingerprint density at radius 3 is 2.79 bits per heavy atom. The molecule has 5 nitrogen and oxygen atoms in total. The van der Waals surface area contributed by atoms with Crippen molar-refractivity contribution in [1.82, 2.24) is 9.38 Å². The maximum atomic E-state index is 12.5. The molecule has 0 bridgehead atoms. The molecule has 0 fully saturated rings. The number of hydrogen-bond donors (Lipinski definition) is 1. The van der Waals surface area contributed by atoms with Gasteiger partial charge in [0.1, 0.15) is 5.75 Å². The maximum absolute atomic E-state index is 12.5. The van der Waals surface area contributed by atoms with Gasteiger partial charge in [-0.25, -0.2) is 4.98 Å². The van der Waals surface area contributed by atoms with Crippen LogP contribution in [0.25, 0.3) is 16.2 Å². The Hall–Kier alpha value is -3.12. The number of carbonyl (C=O) groups is 1. The Bertz CT molecular complexity index is 1110. The van der Waals surface area contributed by atoms with Crippen LogP contribution in [0.5, 0.6) is 5.75 Å². The molecular formula is C22H21N3O2S. The van der Waals surface area contributed by atoms with Crippen LogP contribution in [-0.4, -0.2) is 21.9 Å². The molecule has 1 amide bonds. The van der Waals surface area contributed by atoms with Crippen molar-refractivity contribution in [3.05, 3.63) is 71.4 Å². The van der Waals surface area contributed by atoms with E-state index in [4.69, 9.17) is 9.72 Å². The summed E-state index contributed by atoms with van der Waals surface area (Å²) >= 11 is 1.54. The quantitative estimate of drug-likeness (QED) is 0.506. The summed E-state index contributed by atoms with van der Waals surface area (Å²) in [5.41, 5.74) is 4.77. The first-order valence-electron chi connectivity index (χ1n) is 9.17. The van der Waals surface area contributed by atoms with Crippen LogP contribution in [0.3, 0.4) is 0 Å². The second-order valence-electron chi connectivity index (χ2n) is 6.56. The number of hydrogen-bond acceptors (Lipinski definition) is 4. The molecule has 0 aliphatic heterocycles. The largest absolute Gasteiger partial charge is 0.494 e. The monoisotopic (exact) mass is 391 g/mol. The highest BCUT2D eigenvalue weighted by molar-refractivity contribution is 7.15. The lowest BCUT2D eigenvalue weighted by Gasteiger charge is -2.05. The fourth-order valence-electron chi connectivity index (χ4n) is 3.08. The Kier molecular flexibility index (Phi) is 5.12. The summed E-state index contributed by atoms with van der Waals surface area (Å²) in [7, 11) is 0. The number of rotatable bonds is 6. The molecule has 2 aromatic carbocycles. The summed E-state index contributed by atoms with van der Waals surface area (Å²) in [6.45, 7) is 4.62. The van der Waals surface area contributed by atoms with E-state index in [1.807, 2.05) is 78.4 Å². The van der Waals surface area contributed by atoms with E-state index in [0.717, 1.165) is 38.9 Å². The number of imidazole rings is 1. The van der Waals surface area contributed by atoms with Gasteiger partial charge in [-0.1, -0.05) is 12.1 Å². The first-order valence-corrected chi connectivity index (χ1v) is 10.1. The van der Waals surface area contributed by atoms with E-state index in [1.165, 1.54) is 11.3 Å². The summed E-state index contributed by atoms with van der Waals surface area (Å²) in [5, 5.41) is 4.95. The molecule has 0 unspecified atom stereocenters.